The third-order valence-electron chi connectivity index (χ3n) is 10.0. The van der Waals surface area contributed by atoms with Crippen LogP contribution >= 0.6 is 11.8 Å². The van der Waals surface area contributed by atoms with E-state index in [1.807, 2.05) is 96.4 Å². The van der Waals surface area contributed by atoms with Crippen LogP contribution in [0.4, 0.5) is 0 Å². The highest BCUT2D eigenvalue weighted by atomic mass is 32.2. The monoisotopic (exact) mass is 801 g/mol. The number of nitrogens with one attached hydrogen (secondary N) is 4. The summed E-state index contributed by atoms with van der Waals surface area (Å²) >= 11 is 1.55. The number of amides is 5. The van der Waals surface area contributed by atoms with E-state index in [4.69, 9.17) is 0 Å². The van der Waals surface area contributed by atoms with Crippen LogP contribution in [0.15, 0.2) is 121 Å². The third-order valence-corrected chi connectivity index (χ3v) is 11.1. The molecule has 0 radical (unpaired) electrons. The molecule has 0 spiro atoms. The van der Waals surface area contributed by atoms with E-state index in [1.54, 1.807) is 36.0 Å². The first-order chi connectivity index (χ1) is 28.1. The van der Waals surface area contributed by atoms with E-state index in [2.05, 4.69) is 21.3 Å². The van der Waals surface area contributed by atoms with E-state index in [1.165, 1.54) is 4.90 Å². The smallest absolute Gasteiger partial charge is 0.323 e. The number of nitrogens with zero attached hydrogens (tertiary/aromatic N) is 1. The van der Waals surface area contributed by atoms with E-state index in [0.29, 0.717) is 17.5 Å². The summed E-state index contributed by atoms with van der Waals surface area (Å²) in [5.74, 6) is -3.94. The average molecular weight is 802 g/mol. The van der Waals surface area contributed by atoms with Crippen LogP contribution < -0.4 is 21.3 Å². The molecular weight excluding hydrogens is 755 g/mol. The normalized spacial score (nSPS) is 21.0. The van der Waals surface area contributed by atoms with Crippen molar-refractivity contribution in [1.82, 2.24) is 26.2 Å². The zero-order chi connectivity index (χ0) is 40.9. The molecule has 2 bridgehead atoms. The molecule has 2 aliphatic rings. The highest BCUT2D eigenvalue weighted by molar-refractivity contribution is 8.03. The van der Waals surface area contributed by atoms with Crippen molar-refractivity contribution in [2.45, 2.75) is 75.0 Å². The molecule has 4 atom stereocenters. The van der Waals surface area contributed by atoms with Crippen molar-refractivity contribution in [1.29, 1.82) is 0 Å². The Labute approximate surface area is 341 Å². The quantitative estimate of drug-likeness (QED) is 0.164. The fraction of sp³-hybridized carbons (Fsp3) is 0.289. The fourth-order valence-electron chi connectivity index (χ4n) is 7.02. The molecule has 4 aromatic rings. The van der Waals surface area contributed by atoms with Gasteiger partial charge in [0.15, 0.2) is 0 Å². The van der Waals surface area contributed by atoms with Crippen molar-refractivity contribution < 1.29 is 33.9 Å². The van der Waals surface area contributed by atoms with E-state index in [-0.39, 0.29) is 56.4 Å². The first-order valence-corrected chi connectivity index (χ1v) is 20.3. The molecule has 6 rings (SSSR count). The summed E-state index contributed by atoms with van der Waals surface area (Å²) in [6.07, 6.45) is 2.78. The van der Waals surface area contributed by atoms with Gasteiger partial charge in [-0.15, -0.1) is 11.8 Å². The molecule has 4 aromatic carbocycles. The maximum absolute atomic E-state index is 14.5. The molecule has 0 fully saturated rings. The maximum atomic E-state index is 14.5. The van der Waals surface area contributed by atoms with Crippen LogP contribution in [0.2, 0.25) is 0 Å². The lowest BCUT2D eigenvalue weighted by Crippen LogP contribution is -2.58. The standard InChI is InChI=1S/C45H47N5O7S/c51-40-20-21-41(52)47-38(26-36-15-8-22-58-36)44(56)48-37(24-31-16-18-35(19-17-31)34-13-5-2-6-14-34)43(55)49-39(25-30-9-3-1-4-10-30)45(57)50(29-42(53)54)28-33-12-7-11-32(23-33)27-46-40/h1-14,16-19,22-23,36-39H,15,20-21,24-29H2,(H,46,51)(H,47,52)(H,48,56)(H,49,55)(H,53,54)/t36?,37-,38+,39+/m0/s1. The Morgan fingerprint density at radius 1 is 0.672 bits per heavy atom. The number of rotatable bonds is 9. The van der Waals surface area contributed by atoms with Gasteiger partial charge in [0.2, 0.25) is 29.5 Å². The Balaban J connectivity index is 1.36. The molecule has 13 heteroatoms. The molecule has 1 unspecified atom stereocenters. The lowest BCUT2D eigenvalue weighted by molar-refractivity contribution is -0.146. The number of carboxylic acids is 1. The van der Waals surface area contributed by atoms with Crippen molar-refractivity contribution in [2.24, 2.45) is 0 Å². The summed E-state index contributed by atoms with van der Waals surface area (Å²) in [7, 11) is 0. The molecular formula is C45H47N5O7S. The van der Waals surface area contributed by atoms with E-state index >= 15 is 0 Å². The third kappa shape index (κ3) is 12.1. The van der Waals surface area contributed by atoms with E-state index in [9.17, 15) is 33.9 Å². The molecule has 5 amide bonds. The SMILES string of the molecule is O=C(O)CN1Cc2cccc(c2)CNC(=O)CCC(=O)N[C@H](CC2CC=CS2)C(=O)N[C@@H](Cc2ccc(-c3ccccc3)cc2)C(=O)N[C@H](Cc2ccccc2)C1=O. The van der Waals surface area contributed by atoms with Gasteiger partial charge >= 0.3 is 5.97 Å². The van der Waals surface area contributed by atoms with Gasteiger partial charge in [-0.05, 0) is 51.6 Å². The second kappa shape index (κ2) is 20.3. The minimum Gasteiger partial charge on any atom is -0.480 e. The topological polar surface area (TPSA) is 174 Å². The van der Waals surface area contributed by atoms with Gasteiger partial charge in [0.05, 0.1) is 0 Å². The Hall–Kier alpha value is -6.21. The fourth-order valence-corrected chi connectivity index (χ4v) is 7.99. The van der Waals surface area contributed by atoms with Crippen molar-refractivity contribution in [3.8, 4) is 11.1 Å². The van der Waals surface area contributed by atoms with Crippen molar-refractivity contribution in [3.63, 3.8) is 0 Å². The Kier molecular flexibility index (Phi) is 14.5. The molecule has 2 aliphatic heterocycles. The van der Waals surface area contributed by atoms with E-state index in [0.717, 1.165) is 22.3 Å². The van der Waals surface area contributed by atoms with Crippen molar-refractivity contribution in [2.75, 3.05) is 6.54 Å². The van der Waals surface area contributed by atoms with Crippen LogP contribution in [0, 0.1) is 0 Å². The summed E-state index contributed by atoms with van der Waals surface area (Å²) in [6, 6.07) is 30.1. The molecule has 2 heterocycles. The van der Waals surface area contributed by atoms with E-state index < -0.39 is 54.3 Å². The zero-order valence-corrected chi connectivity index (χ0v) is 32.8. The number of fused-ring (bicyclic) bond motifs is 2. The minimum absolute atomic E-state index is 0.00607. The summed E-state index contributed by atoms with van der Waals surface area (Å²) in [5.41, 5.74) is 4.76. The Morgan fingerprint density at radius 2 is 1.29 bits per heavy atom. The summed E-state index contributed by atoms with van der Waals surface area (Å²) < 4.78 is 0. The number of benzene rings is 4. The van der Waals surface area contributed by atoms with Crippen LogP contribution in [0.3, 0.4) is 0 Å². The average Bonchev–Trinajstić information content (AvgIpc) is 3.75. The van der Waals surface area contributed by atoms with Gasteiger partial charge in [-0.1, -0.05) is 115 Å². The van der Waals surface area contributed by atoms with Gasteiger partial charge in [-0.3, -0.25) is 28.8 Å². The minimum atomic E-state index is -1.23. The summed E-state index contributed by atoms with van der Waals surface area (Å²) in [4.78, 5) is 82.7. The predicted molar refractivity (Wildman–Crippen MR) is 222 cm³/mol. The molecule has 58 heavy (non-hydrogen) atoms. The second-order valence-corrected chi connectivity index (χ2v) is 15.7. The molecule has 0 aliphatic carbocycles. The number of hydrogen-bond donors (Lipinski definition) is 5. The summed E-state index contributed by atoms with van der Waals surface area (Å²) in [5, 5.41) is 23.3. The number of hydrogen-bond acceptors (Lipinski definition) is 7. The van der Waals surface area contributed by atoms with Crippen LogP contribution in [0.1, 0.15) is 47.9 Å². The zero-order valence-electron chi connectivity index (χ0n) is 32.0. The van der Waals surface area contributed by atoms with Crippen LogP contribution in [0.25, 0.3) is 11.1 Å². The number of carbonyl (C=O) groups excluding carboxylic acids is 5. The van der Waals surface area contributed by atoms with Gasteiger partial charge in [-0.25, -0.2) is 0 Å². The largest absolute Gasteiger partial charge is 0.480 e. The van der Waals surface area contributed by atoms with Gasteiger partial charge in [0.25, 0.3) is 0 Å². The van der Waals surface area contributed by atoms with Gasteiger partial charge in [-0.2, -0.15) is 0 Å². The first kappa shape index (κ1) is 41.4. The lowest BCUT2D eigenvalue weighted by atomic mass is 9.99. The summed E-state index contributed by atoms with van der Waals surface area (Å²) in [6.45, 7) is -0.580. The highest BCUT2D eigenvalue weighted by Crippen LogP contribution is 2.28. The molecule has 5 N–H and O–H groups in total. The first-order valence-electron chi connectivity index (χ1n) is 19.3. The van der Waals surface area contributed by atoms with Crippen molar-refractivity contribution >= 4 is 47.3 Å². The van der Waals surface area contributed by atoms with Crippen LogP contribution in [0.5, 0.6) is 0 Å². The van der Waals surface area contributed by atoms with Gasteiger partial charge < -0.3 is 31.3 Å². The van der Waals surface area contributed by atoms with Gasteiger partial charge in [0.1, 0.15) is 24.7 Å². The number of carbonyl (C=O) groups is 6. The molecule has 0 aromatic heterocycles. The number of carboxylic acid groups (broad SMARTS) is 1. The Bertz CT molecular complexity index is 2100. The van der Waals surface area contributed by atoms with Crippen LogP contribution in [-0.2, 0) is 54.7 Å². The van der Waals surface area contributed by atoms with Crippen LogP contribution in [-0.4, -0.2) is 75.4 Å². The predicted octanol–water partition coefficient (Wildman–Crippen LogP) is 4.53. The number of aliphatic carboxylic acids is 1. The molecule has 0 saturated carbocycles. The Morgan fingerprint density at radius 3 is 2.00 bits per heavy atom. The molecule has 300 valence electrons. The number of thioether (sulfide) groups is 1. The molecule has 0 saturated heterocycles. The second-order valence-electron chi connectivity index (χ2n) is 14.5. The maximum Gasteiger partial charge on any atom is 0.323 e. The van der Waals surface area contributed by atoms with Crippen molar-refractivity contribution in [3.05, 3.63) is 143 Å². The van der Waals surface area contributed by atoms with Gasteiger partial charge in [0, 0.05) is 44.0 Å². The number of allylic oxidation sites excluding steroid dienone is 1. The highest BCUT2D eigenvalue weighted by Gasteiger charge is 2.33. The lowest BCUT2D eigenvalue weighted by Gasteiger charge is -2.29. The molecule has 12 nitrogen and oxygen atoms in total.